The summed E-state index contributed by atoms with van der Waals surface area (Å²) in [5.41, 5.74) is 1.45. The van der Waals surface area contributed by atoms with Crippen LogP contribution in [0.5, 0.6) is 0 Å². The zero-order valence-corrected chi connectivity index (χ0v) is 13.4. The summed E-state index contributed by atoms with van der Waals surface area (Å²) in [6, 6.07) is -0.911. The highest BCUT2D eigenvalue weighted by atomic mass is 32.2. The molecule has 1 aromatic rings. The number of hydrogen-bond acceptors (Lipinski definition) is 5. The molecule has 2 N–H and O–H groups in total. The first-order chi connectivity index (χ1) is 10.9. The molecular weight excluding hydrogens is 322 g/mol. The molecule has 8 nitrogen and oxygen atoms in total. The Morgan fingerprint density at radius 3 is 2.70 bits per heavy atom. The molecule has 1 saturated heterocycles. The first kappa shape index (κ1) is 16.0. The molecule has 1 atom stereocenters. The van der Waals surface area contributed by atoms with Crippen LogP contribution in [0.4, 0.5) is 0 Å². The van der Waals surface area contributed by atoms with Crippen LogP contribution in [0.25, 0.3) is 0 Å². The third-order valence-corrected chi connectivity index (χ3v) is 6.36. The summed E-state index contributed by atoms with van der Waals surface area (Å²) in [6.45, 7) is 0.205. The van der Waals surface area contributed by atoms with Gasteiger partial charge in [0.05, 0.1) is 35.8 Å². The number of rotatable bonds is 3. The Balaban J connectivity index is 1.69. The fourth-order valence-corrected chi connectivity index (χ4v) is 4.81. The summed E-state index contributed by atoms with van der Waals surface area (Å²) in [4.78, 5) is 32.4. The number of aliphatic carboxylic acids is 1. The predicted molar refractivity (Wildman–Crippen MR) is 80.3 cm³/mol. The van der Waals surface area contributed by atoms with Crippen molar-refractivity contribution in [1.29, 1.82) is 0 Å². The minimum Gasteiger partial charge on any atom is -0.480 e. The van der Waals surface area contributed by atoms with Crippen molar-refractivity contribution in [3.05, 3.63) is 17.7 Å². The van der Waals surface area contributed by atoms with E-state index in [4.69, 9.17) is 0 Å². The van der Waals surface area contributed by atoms with E-state index < -0.39 is 21.8 Å². The Morgan fingerprint density at radius 2 is 2.04 bits per heavy atom. The number of carbonyl (C=O) groups excluding carboxylic acids is 1. The van der Waals surface area contributed by atoms with E-state index in [0.29, 0.717) is 18.5 Å². The summed E-state index contributed by atoms with van der Waals surface area (Å²) in [7, 11) is -2.97. The van der Waals surface area contributed by atoms with E-state index in [9.17, 15) is 23.1 Å². The maximum absolute atomic E-state index is 12.6. The predicted octanol–water partition coefficient (Wildman–Crippen LogP) is -0.0375. The molecule has 0 bridgehead atoms. The van der Waals surface area contributed by atoms with Gasteiger partial charge in [0, 0.05) is 12.8 Å². The van der Waals surface area contributed by atoms with Gasteiger partial charge < -0.3 is 15.0 Å². The van der Waals surface area contributed by atoms with Crippen molar-refractivity contribution in [3.63, 3.8) is 0 Å². The molecule has 3 heterocycles. The first-order valence-electron chi connectivity index (χ1n) is 7.59. The fraction of sp³-hybridized carbons (Fsp3) is 0.643. The average molecular weight is 341 g/mol. The molecule has 1 fully saturated rings. The van der Waals surface area contributed by atoms with Crippen LogP contribution in [0.2, 0.25) is 0 Å². The number of hydrogen-bond donors (Lipinski definition) is 2. The number of sulfone groups is 1. The number of carbonyl (C=O) groups is 2. The standard InChI is InChI=1S/C14H19N3O5S/c18-13(5-9-1-3-23(21,22)4-2-9)17-7-11-10(15-8-16-11)6-12(17)14(19)20/h8-9,12H,1-7H2,(H,15,16)(H,19,20). The summed E-state index contributed by atoms with van der Waals surface area (Å²) < 4.78 is 22.9. The molecule has 0 aromatic carbocycles. The third kappa shape index (κ3) is 3.39. The van der Waals surface area contributed by atoms with Crippen LogP contribution in [0.1, 0.15) is 30.7 Å². The maximum Gasteiger partial charge on any atom is 0.326 e. The monoisotopic (exact) mass is 341 g/mol. The number of H-pyrrole nitrogens is 1. The lowest BCUT2D eigenvalue weighted by Gasteiger charge is -2.33. The number of imidazole rings is 1. The molecule has 0 radical (unpaired) electrons. The average Bonchev–Trinajstić information content (AvgIpc) is 2.95. The number of carboxylic acids is 1. The van der Waals surface area contributed by atoms with Crippen LogP contribution in [-0.4, -0.2) is 57.8 Å². The second-order valence-electron chi connectivity index (χ2n) is 6.21. The molecule has 9 heteroatoms. The summed E-state index contributed by atoms with van der Waals surface area (Å²) in [5.74, 6) is -1.06. The van der Waals surface area contributed by atoms with Gasteiger partial charge in [-0.2, -0.15) is 0 Å². The van der Waals surface area contributed by atoms with Crippen LogP contribution in [0.15, 0.2) is 6.33 Å². The molecule has 0 spiro atoms. The number of aromatic amines is 1. The smallest absolute Gasteiger partial charge is 0.326 e. The summed E-state index contributed by atoms with van der Waals surface area (Å²) in [6.07, 6.45) is 2.83. The van der Waals surface area contributed by atoms with Gasteiger partial charge in [0.25, 0.3) is 0 Å². The Hall–Kier alpha value is -1.90. The van der Waals surface area contributed by atoms with Gasteiger partial charge in [-0.25, -0.2) is 18.2 Å². The normalized spacial score (nSPS) is 24.2. The molecule has 1 unspecified atom stereocenters. The van der Waals surface area contributed by atoms with Crippen LogP contribution in [0.3, 0.4) is 0 Å². The largest absolute Gasteiger partial charge is 0.480 e. The summed E-state index contributed by atoms with van der Waals surface area (Å²) >= 11 is 0. The van der Waals surface area contributed by atoms with Gasteiger partial charge >= 0.3 is 5.97 Å². The zero-order valence-electron chi connectivity index (χ0n) is 12.6. The van der Waals surface area contributed by atoms with Gasteiger partial charge in [0.15, 0.2) is 0 Å². The van der Waals surface area contributed by atoms with Gasteiger partial charge in [-0.15, -0.1) is 0 Å². The lowest BCUT2D eigenvalue weighted by molar-refractivity contribution is -0.152. The number of aromatic nitrogens is 2. The number of amides is 1. The van der Waals surface area contributed by atoms with E-state index in [-0.39, 0.29) is 42.7 Å². The lowest BCUT2D eigenvalue weighted by Crippen LogP contribution is -2.49. The lowest BCUT2D eigenvalue weighted by atomic mass is 9.96. The quantitative estimate of drug-likeness (QED) is 0.796. The Morgan fingerprint density at radius 1 is 1.35 bits per heavy atom. The van der Waals surface area contributed by atoms with Gasteiger partial charge in [-0.05, 0) is 18.8 Å². The van der Waals surface area contributed by atoms with Crippen molar-refractivity contribution < 1.29 is 23.1 Å². The van der Waals surface area contributed by atoms with Crippen LogP contribution >= 0.6 is 0 Å². The molecular formula is C14H19N3O5S. The van der Waals surface area contributed by atoms with Crippen molar-refractivity contribution in [2.45, 2.75) is 38.3 Å². The Labute approximate surface area is 133 Å². The fourth-order valence-electron chi connectivity index (χ4n) is 3.23. The van der Waals surface area contributed by atoms with E-state index in [1.807, 2.05) is 0 Å². The highest BCUT2D eigenvalue weighted by molar-refractivity contribution is 7.91. The molecule has 1 aromatic heterocycles. The zero-order chi connectivity index (χ0) is 16.6. The van der Waals surface area contributed by atoms with Crippen molar-refractivity contribution in [3.8, 4) is 0 Å². The molecule has 2 aliphatic heterocycles. The van der Waals surface area contributed by atoms with E-state index in [2.05, 4.69) is 9.97 Å². The van der Waals surface area contributed by atoms with Crippen molar-refractivity contribution in [2.24, 2.45) is 5.92 Å². The van der Waals surface area contributed by atoms with E-state index in [1.165, 1.54) is 11.2 Å². The van der Waals surface area contributed by atoms with Crippen molar-refractivity contribution in [1.82, 2.24) is 14.9 Å². The minimum absolute atomic E-state index is 0.00336. The van der Waals surface area contributed by atoms with Crippen LogP contribution < -0.4 is 0 Å². The molecule has 2 aliphatic rings. The van der Waals surface area contributed by atoms with Gasteiger partial charge in [-0.1, -0.05) is 0 Å². The SMILES string of the molecule is O=C(O)C1Cc2nc[nH]c2CN1C(=O)CC1CCS(=O)(=O)CC1. The molecule has 1 amide bonds. The first-order valence-corrected chi connectivity index (χ1v) is 9.41. The highest BCUT2D eigenvalue weighted by Gasteiger charge is 2.37. The van der Waals surface area contributed by atoms with Crippen molar-refractivity contribution >= 4 is 21.7 Å². The van der Waals surface area contributed by atoms with Gasteiger partial charge in [0.1, 0.15) is 15.9 Å². The number of nitrogens with one attached hydrogen (secondary N) is 1. The number of carboxylic acid groups (broad SMARTS) is 1. The molecule has 0 aliphatic carbocycles. The van der Waals surface area contributed by atoms with Gasteiger partial charge in [0.2, 0.25) is 5.91 Å². The van der Waals surface area contributed by atoms with Crippen LogP contribution in [-0.2, 0) is 32.4 Å². The number of fused-ring (bicyclic) bond motifs is 1. The molecule has 126 valence electrons. The topological polar surface area (TPSA) is 120 Å². The molecule has 23 heavy (non-hydrogen) atoms. The van der Waals surface area contributed by atoms with Gasteiger partial charge in [-0.3, -0.25) is 4.79 Å². The van der Waals surface area contributed by atoms with E-state index in [1.54, 1.807) is 0 Å². The van der Waals surface area contributed by atoms with E-state index >= 15 is 0 Å². The molecule has 0 saturated carbocycles. The van der Waals surface area contributed by atoms with E-state index in [0.717, 1.165) is 5.69 Å². The Bertz CT molecular complexity index is 713. The summed E-state index contributed by atoms with van der Waals surface area (Å²) in [5, 5.41) is 9.38. The third-order valence-electron chi connectivity index (χ3n) is 4.64. The second kappa shape index (κ2) is 5.95. The van der Waals surface area contributed by atoms with Crippen LogP contribution in [0, 0.1) is 5.92 Å². The molecule has 3 rings (SSSR count). The maximum atomic E-state index is 12.6. The Kier molecular flexibility index (Phi) is 4.13. The minimum atomic E-state index is -2.97. The number of nitrogens with zero attached hydrogens (tertiary/aromatic N) is 2. The van der Waals surface area contributed by atoms with Crippen molar-refractivity contribution in [2.75, 3.05) is 11.5 Å². The highest BCUT2D eigenvalue weighted by Crippen LogP contribution is 2.26. The second-order valence-corrected chi connectivity index (χ2v) is 8.51.